The van der Waals surface area contributed by atoms with Gasteiger partial charge in [-0.1, -0.05) is 71.1 Å². The molecule has 0 radical (unpaired) electrons. The molecule has 7 heteroatoms. The van der Waals surface area contributed by atoms with Crippen LogP contribution in [0.25, 0.3) is 0 Å². The Morgan fingerprint density at radius 2 is 1.27 bits per heavy atom. The zero-order valence-electron chi connectivity index (χ0n) is 17.8. The maximum Gasteiger partial charge on any atom is 1.00 e. The first kappa shape index (κ1) is 27.6. The molecule has 0 spiro atoms. The van der Waals surface area contributed by atoms with Crippen molar-refractivity contribution in [3.8, 4) is 0 Å². The normalized spacial score (nSPS) is 11.5. The van der Waals surface area contributed by atoms with Gasteiger partial charge in [-0.05, 0) is 13.3 Å². The number of carboxylic acids is 2. The summed E-state index contributed by atoms with van der Waals surface area (Å²) in [5.74, 6) is -2.78. The zero-order chi connectivity index (χ0) is 19.1. The Morgan fingerprint density at radius 3 is 1.65 bits per heavy atom. The van der Waals surface area contributed by atoms with Gasteiger partial charge in [0.05, 0.1) is 0 Å². The Bertz CT molecular complexity index is 410. The molecule has 0 aliphatic carbocycles. The molecule has 1 atom stereocenters. The molecule has 0 heterocycles. The minimum atomic E-state index is -1.19. The first-order chi connectivity index (χ1) is 11.9. The van der Waals surface area contributed by atoms with Gasteiger partial charge in [-0.3, -0.25) is 9.59 Å². The number of rotatable bonds is 16. The van der Waals surface area contributed by atoms with Crippen LogP contribution in [0.5, 0.6) is 0 Å². The van der Waals surface area contributed by atoms with E-state index in [1.807, 2.05) is 0 Å². The molecule has 0 saturated carbocycles. The Hall–Kier alpha value is -0.590. The summed E-state index contributed by atoms with van der Waals surface area (Å²) < 4.78 is 0. The second-order valence-electron chi connectivity index (χ2n) is 6.72. The number of unbranched alkanes of at least 4 members (excludes halogenated alkanes) is 10. The smallest absolute Gasteiger partial charge is 1.00 e. The zero-order valence-corrected chi connectivity index (χ0v) is 18.8. The third-order valence-electron chi connectivity index (χ3n) is 4.45. The second kappa shape index (κ2) is 17.8. The molecule has 0 aromatic rings. The summed E-state index contributed by atoms with van der Waals surface area (Å²) >= 11 is 0. The van der Waals surface area contributed by atoms with Gasteiger partial charge in [0.25, 0.3) is 0 Å². The van der Waals surface area contributed by atoms with E-state index in [-0.39, 0.29) is 37.4 Å². The van der Waals surface area contributed by atoms with Crippen molar-refractivity contribution in [3.63, 3.8) is 0 Å². The molecule has 6 nitrogen and oxygen atoms in total. The van der Waals surface area contributed by atoms with Gasteiger partial charge in [0.1, 0.15) is 12.6 Å². The van der Waals surface area contributed by atoms with Gasteiger partial charge >= 0.3 is 41.5 Å². The fraction of sp³-hybridized carbons (Fsp3) is 0.842. The molecule has 148 valence electrons. The molecule has 0 bridgehead atoms. The summed E-state index contributed by atoms with van der Waals surface area (Å²) in [7, 11) is 0. The van der Waals surface area contributed by atoms with Gasteiger partial charge in [-0.15, -0.1) is 0 Å². The van der Waals surface area contributed by atoms with Gasteiger partial charge in [0.15, 0.2) is 0 Å². The molecule has 0 fully saturated rings. The number of amides is 1. The van der Waals surface area contributed by atoms with E-state index in [0.29, 0.717) is 6.42 Å². The average Bonchev–Trinajstić information content (AvgIpc) is 2.56. The molecule has 0 aliphatic rings. The Balaban J connectivity index is -0.00000288. The van der Waals surface area contributed by atoms with E-state index in [4.69, 9.17) is 10.2 Å². The minimum absolute atomic E-state index is 0. The van der Waals surface area contributed by atoms with Gasteiger partial charge in [0.2, 0.25) is 5.91 Å². The predicted octanol–water partition coefficient (Wildman–Crippen LogP) is 1.19. The fourth-order valence-corrected chi connectivity index (χ4v) is 2.80. The van der Waals surface area contributed by atoms with Crippen LogP contribution in [0.1, 0.15) is 92.3 Å². The number of carbonyl (C=O) groups is 3. The molecule has 2 N–H and O–H groups in total. The molecule has 0 aliphatic heterocycles. The van der Waals surface area contributed by atoms with Crippen LogP contribution in [-0.2, 0) is 14.4 Å². The van der Waals surface area contributed by atoms with Crippen LogP contribution >= 0.6 is 0 Å². The summed E-state index contributed by atoms with van der Waals surface area (Å²) in [6, 6.07) is -1.11. The second-order valence-corrected chi connectivity index (χ2v) is 6.72. The third-order valence-corrected chi connectivity index (χ3v) is 4.45. The molecule has 0 aromatic heterocycles. The number of hydrogen-bond acceptors (Lipinski definition) is 3. The van der Waals surface area contributed by atoms with Crippen molar-refractivity contribution in [3.05, 3.63) is 0 Å². The van der Waals surface area contributed by atoms with E-state index in [1.54, 1.807) is 0 Å². The number of carbonyl (C=O) groups excluding carboxylic acids is 1. The summed E-state index contributed by atoms with van der Waals surface area (Å²) in [5.41, 5.74) is 0. The molecule has 26 heavy (non-hydrogen) atoms. The molecule has 0 saturated heterocycles. The van der Waals surface area contributed by atoms with E-state index in [2.05, 4.69) is 6.92 Å². The van der Waals surface area contributed by atoms with Crippen molar-refractivity contribution in [1.29, 1.82) is 0 Å². The van der Waals surface area contributed by atoms with Crippen molar-refractivity contribution in [2.24, 2.45) is 0 Å². The maximum atomic E-state index is 12.1. The standard InChI is InChI=1S/C19H35NO5.Na.H/c1-3-4-5-6-7-8-9-10-11-12-13-14-17(21)20(15-18(22)23)16(2)19(24)25;;/h16H,3-15H2,1-2H3,(H,22,23)(H,24,25);;/q;+1;-1. The monoisotopic (exact) mass is 381 g/mol. The van der Waals surface area contributed by atoms with Gasteiger partial charge < -0.3 is 16.5 Å². The Kier molecular flexibility index (Phi) is 18.9. The molecule has 1 unspecified atom stereocenters. The van der Waals surface area contributed by atoms with E-state index in [0.717, 1.165) is 24.2 Å². The number of hydrogen-bond donors (Lipinski definition) is 2. The van der Waals surface area contributed by atoms with Crippen molar-refractivity contribution in [1.82, 2.24) is 4.90 Å². The third kappa shape index (κ3) is 14.6. The first-order valence-electron chi connectivity index (χ1n) is 9.64. The van der Waals surface area contributed by atoms with E-state index in [1.165, 1.54) is 51.9 Å². The summed E-state index contributed by atoms with van der Waals surface area (Å²) in [5, 5.41) is 17.8. The van der Waals surface area contributed by atoms with Crippen molar-refractivity contribution in [2.45, 2.75) is 96.9 Å². The maximum absolute atomic E-state index is 12.1. The van der Waals surface area contributed by atoms with Crippen LogP contribution in [0.2, 0.25) is 0 Å². The van der Waals surface area contributed by atoms with Crippen LogP contribution in [0, 0.1) is 0 Å². The number of aliphatic carboxylic acids is 2. The van der Waals surface area contributed by atoms with Crippen LogP contribution in [0.3, 0.4) is 0 Å². The number of carboxylic acid groups (broad SMARTS) is 2. The Morgan fingerprint density at radius 1 is 0.846 bits per heavy atom. The van der Waals surface area contributed by atoms with Crippen molar-refractivity contribution >= 4 is 17.8 Å². The van der Waals surface area contributed by atoms with E-state index < -0.39 is 30.4 Å². The summed E-state index contributed by atoms with van der Waals surface area (Å²) in [6.45, 7) is 2.99. The van der Waals surface area contributed by atoms with Gasteiger partial charge in [0, 0.05) is 6.42 Å². The van der Waals surface area contributed by atoms with Gasteiger partial charge in [-0.2, -0.15) is 0 Å². The predicted molar refractivity (Wildman–Crippen MR) is 98.6 cm³/mol. The molecule has 0 aromatic carbocycles. The quantitative estimate of drug-likeness (QED) is 0.309. The number of nitrogens with zero attached hydrogens (tertiary/aromatic N) is 1. The van der Waals surface area contributed by atoms with E-state index in [9.17, 15) is 14.4 Å². The SMILES string of the molecule is CCCCCCCCCCCCCC(=O)N(CC(=O)O)C(C)C(=O)O.[H-].[Na+]. The molecular weight excluding hydrogens is 345 g/mol. The van der Waals surface area contributed by atoms with Gasteiger partial charge in [-0.25, -0.2) is 4.79 Å². The summed E-state index contributed by atoms with van der Waals surface area (Å²) in [6.07, 6.45) is 13.1. The Labute approximate surface area is 181 Å². The molecule has 0 rings (SSSR count). The minimum Gasteiger partial charge on any atom is -1.00 e. The molecular formula is C19H36NNaO5. The van der Waals surface area contributed by atoms with Crippen LogP contribution in [0.15, 0.2) is 0 Å². The van der Waals surface area contributed by atoms with Crippen LogP contribution < -0.4 is 29.6 Å². The molecule has 1 amide bonds. The van der Waals surface area contributed by atoms with Crippen molar-refractivity contribution < 1.29 is 55.6 Å². The van der Waals surface area contributed by atoms with Crippen LogP contribution in [0.4, 0.5) is 0 Å². The largest absolute Gasteiger partial charge is 1.00 e. The van der Waals surface area contributed by atoms with E-state index >= 15 is 0 Å². The fourth-order valence-electron chi connectivity index (χ4n) is 2.80. The summed E-state index contributed by atoms with van der Waals surface area (Å²) in [4.78, 5) is 34.8. The van der Waals surface area contributed by atoms with Crippen LogP contribution in [-0.4, -0.2) is 45.5 Å². The van der Waals surface area contributed by atoms with Crippen molar-refractivity contribution in [2.75, 3.05) is 6.54 Å². The topological polar surface area (TPSA) is 94.9 Å². The average molecular weight is 381 g/mol. The first-order valence-corrected chi connectivity index (χ1v) is 9.64.